The maximum absolute atomic E-state index is 13.2. The second kappa shape index (κ2) is 12.3. The van der Waals surface area contributed by atoms with E-state index in [1.807, 2.05) is 0 Å². The molecule has 1 heterocycles. The number of hydrogen-bond donors (Lipinski definition) is 4. The van der Waals surface area contributed by atoms with Crippen molar-refractivity contribution in [3.8, 4) is 17.2 Å². The lowest BCUT2D eigenvalue weighted by Crippen LogP contribution is -2.67. The molecule has 2 aromatic rings. The minimum absolute atomic E-state index is 0.0136. The summed E-state index contributed by atoms with van der Waals surface area (Å²) in [7, 11) is 0. The molecule has 1 atom stereocenters. The van der Waals surface area contributed by atoms with E-state index in [1.165, 1.54) is 0 Å². The summed E-state index contributed by atoms with van der Waals surface area (Å²) in [6.45, 7) is 0.674. The Kier molecular flexibility index (Phi) is 9.15. The number of carbonyl (C=O) groups is 3. The summed E-state index contributed by atoms with van der Waals surface area (Å²) in [4.78, 5) is 43.2. The molecule has 0 saturated heterocycles. The molecular formula is C24H28ClN5O7. The first-order valence-corrected chi connectivity index (χ1v) is 11.6. The molecule has 0 aliphatic carbocycles. The topological polar surface area (TPSA) is 179 Å². The number of hydrogen-bond acceptors (Lipinski definition) is 8. The summed E-state index contributed by atoms with van der Waals surface area (Å²) in [5.74, 6) is -1.85. The van der Waals surface area contributed by atoms with Crippen LogP contribution in [0.25, 0.3) is 0 Å². The maximum atomic E-state index is 13.2. The van der Waals surface area contributed by atoms with Gasteiger partial charge in [0, 0.05) is 25.0 Å². The van der Waals surface area contributed by atoms with Gasteiger partial charge < -0.3 is 30.8 Å². The number of aliphatic carboxylic acids is 1. The highest BCUT2D eigenvalue weighted by Crippen LogP contribution is 2.33. The van der Waals surface area contributed by atoms with Gasteiger partial charge in [0.05, 0.1) is 0 Å². The highest BCUT2D eigenvalue weighted by atomic mass is 35.5. The average molecular weight is 534 g/mol. The van der Waals surface area contributed by atoms with Gasteiger partial charge in [-0.15, -0.1) is 0 Å². The van der Waals surface area contributed by atoms with Crippen molar-refractivity contribution in [2.24, 2.45) is 16.5 Å². The lowest BCUT2D eigenvalue weighted by atomic mass is 9.99. The molecule has 0 saturated carbocycles. The van der Waals surface area contributed by atoms with Crippen molar-refractivity contribution in [1.82, 2.24) is 10.2 Å². The second-order valence-electron chi connectivity index (χ2n) is 8.11. The van der Waals surface area contributed by atoms with Crippen LogP contribution in [0.15, 0.2) is 47.5 Å². The number of nitrogens with one attached hydrogen (secondary N) is 1. The first-order chi connectivity index (χ1) is 17.6. The Hall–Kier alpha value is -4.03. The lowest BCUT2D eigenvalue weighted by Gasteiger charge is -2.39. The van der Waals surface area contributed by atoms with Crippen molar-refractivity contribution in [3.05, 3.63) is 53.1 Å². The van der Waals surface area contributed by atoms with E-state index in [2.05, 4.69) is 10.3 Å². The average Bonchev–Trinajstić information content (AvgIpc) is 3.32. The summed E-state index contributed by atoms with van der Waals surface area (Å²) in [6.07, 6.45) is -0.0383. The van der Waals surface area contributed by atoms with Crippen LogP contribution in [0.5, 0.6) is 17.2 Å². The molecule has 2 aromatic carbocycles. The number of fused-ring (bicyclic) bond motifs is 1. The van der Waals surface area contributed by atoms with E-state index < -0.39 is 30.1 Å². The van der Waals surface area contributed by atoms with E-state index in [-0.39, 0.29) is 38.7 Å². The van der Waals surface area contributed by atoms with Gasteiger partial charge in [-0.1, -0.05) is 17.7 Å². The van der Waals surface area contributed by atoms with Crippen LogP contribution in [0.2, 0.25) is 5.02 Å². The fourth-order valence-corrected chi connectivity index (χ4v) is 3.92. The van der Waals surface area contributed by atoms with Crippen LogP contribution in [0, 0.1) is 0 Å². The quantitative estimate of drug-likeness (QED) is 0.135. The molecule has 2 amide bonds. The summed E-state index contributed by atoms with van der Waals surface area (Å²) in [5.41, 5.74) is 9.27. The monoisotopic (exact) mass is 533 g/mol. The number of ether oxygens (including phenoxy) is 3. The number of amides is 2. The highest BCUT2D eigenvalue weighted by Gasteiger charge is 2.48. The summed E-state index contributed by atoms with van der Waals surface area (Å²) >= 11 is 5.87. The van der Waals surface area contributed by atoms with Crippen LogP contribution in [0.3, 0.4) is 0 Å². The molecule has 13 heteroatoms. The van der Waals surface area contributed by atoms with E-state index in [4.69, 9.17) is 37.3 Å². The number of carbonyl (C=O) groups excluding carboxylic acids is 2. The van der Waals surface area contributed by atoms with Gasteiger partial charge >= 0.3 is 5.97 Å². The molecule has 1 aliphatic rings. The number of halogens is 1. The summed E-state index contributed by atoms with van der Waals surface area (Å²) in [5, 5.41) is 13.7. The van der Waals surface area contributed by atoms with Crippen molar-refractivity contribution in [1.29, 1.82) is 0 Å². The van der Waals surface area contributed by atoms with Crippen LogP contribution >= 0.6 is 11.6 Å². The number of aliphatic imine (C=N–C) groups is 1. The van der Waals surface area contributed by atoms with Gasteiger partial charge in [0.1, 0.15) is 5.75 Å². The van der Waals surface area contributed by atoms with Crippen LogP contribution in [-0.2, 0) is 20.9 Å². The third-order valence-corrected chi connectivity index (χ3v) is 5.74. The molecule has 0 fully saturated rings. The van der Waals surface area contributed by atoms with Gasteiger partial charge in [0.2, 0.25) is 12.7 Å². The van der Waals surface area contributed by atoms with Gasteiger partial charge in [-0.2, -0.15) is 0 Å². The molecule has 37 heavy (non-hydrogen) atoms. The predicted molar refractivity (Wildman–Crippen MR) is 134 cm³/mol. The molecule has 1 aliphatic heterocycles. The normalized spacial score (nSPS) is 13.4. The molecule has 0 bridgehead atoms. The molecule has 198 valence electrons. The first kappa shape index (κ1) is 27.6. The lowest BCUT2D eigenvalue weighted by molar-refractivity contribution is -0.170. The number of imide groups is 1. The Morgan fingerprint density at radius 1 is 1.16 bits per heavy atom. The highest BCUT2D eigenvalue weighted by molar-refractivity contribution is 6.30. The third-order valence-electron chi connectivity index (χ3n) is 5.49. The van der Waals surface area contributed by atoms with Crippen LogP contribution in [0.1, 0.15) is 25.3 Å². The number of rotatable bonds is 12. The van der Waals surface area contributed by atoms with Gasteiger partial charge in [-0.25, -0.2) is 9.69 Å². The Labute approximate surface area is 218 Å². The van der Waals surface area contributed by atoms with Crippen LogP contribution in [-0.4, -0.2) is 59.4 Å². The zero-order chi connectivity index (χ0) is 27.0. The van der Waals surface area contributed by atoms with Crippen molar-refractivity contribution in [3.63, 3.8) is 0 Å². The second-order valence-corrected chi connectivity index (χ2v) is 8.54. The maximum Gasteiger partial charge on any atom is 0.345 e. The first-order valence-electron chi connectivity index (χ1n) is 11.3. The number of guanidine groups is 1. The van der Waals surface area contributed by atoms with Crippen molar-refractivity contribution >= 4 is 35.3 Å². The number of benzene rings is 2. The van der Waals surface area contributed by atoms with Crippen molar-refractivity contribution in [2.45, 2.75) is 32.0 Å². The van der Waals surface area contributed by atoms with E-state index in [0.717, 1.165) is 6.92 Å². The smallest absolute Gasteiger partial charge is 0.345 e. The molecular weight excluding hydrogens is 506 g/mol. The number of nitrogens with zero attached hydrogens (tertiary/aromatic N) is 2. The fourth-order valence-electron chi connectivity index (χ4n) is 3.80. The number of nitrogens with two attached hydrogens (primary N) is 2. The zero-order valence-electron chi connectivity index (χ0n) is 20.1. The molecule has 0 unspecified atom stereocenters. The van der Waals surface area contributed by atoms with E-state index in [9.17, 15) is 19.5 Å². The molecule has 6 N–H and O–H groups in total. The minimum Gasteiger partial charge on any atom is -0.484 e. The van der Waals surface area contributed by atoms with Crippen molar-refractivity contribution < 1.29 is 33.7 Å². The van der Waals surface area contributed by atoms with E-state index in [0.29, 0.717) is 32.7 Å². The van der Waals surface area contributed by atoms with Gasteiger partial charge in [0.25, 0.3) is 5.91 Å². The SMILES string of the molecule is CC(=O)N(C(=O)COc1ccc(Cl)cc1)[C@](CCCN=C(N)N)(NCc1ccc2c(c1)OCO2)C(=O)O. The molecule has 3 rings (SSSR count). The fraction of sp³-hybridized carbons (Fsp3) is 0.333. The van der Waals surface area contributed by atoms with Crippen LogP contribution < -0.4 is 31.0 Å². The van der Waals surface area contributed by atoms with Gasteiger partial charge in [0.15, 0.2) is 29.7 Å². The largest absolute Gasteiger partial charge is 0.484 e. The standard InChI is InChI=1S/C24H28ClN5O7/c1-15(31)30(21(32)13-35-18-6-4-17(25)5-7-18)24(22(33)34,9-2-10-28-23(26)27)29-12-16-3-8-19-20(11-16)37-14-36-19/h3-8,11,29H,2,9-10,12-14H2,1H3,(H,33,34)(H4,26,27,28)/t24-/m0/s1. The Morgan fingerprint density at radius 3 is 2.51 bits per heavy atom. The number of carboxylic acid groups (broad SMARTS) is 1. The third kappa shape index (κ3) is 7.02. The molecule has 0 aromatic heterocycles. The van der Waals surface area contributed by atoms with Gasteiger partial charge in [-0.05, 0) is 54.8 Å². The Morgan fingerprint density at radius 2 is 1.86 bits per heavy atom. The number of carboxylic acids is 1. The van der Waals surface area contributed by atoms with Crippen LogP contribution in [0.4, 0.5) is 0 Å². The van der Waals surface area contributed by atoms with Gasteiger partial charge in [-0.3, -0.25) is 19.9 Å². The Balaban J connectivity index is 1.87. The molecule has 0 radical (unpaired) electrons. The van der Waals surface area contributed by atoms with Crippen molar-refractivity contribution in [2.75, 3.05) is 19.9 Å². The Bertz CT molecular complexity index is 1170. The summed E-state index contributed by atoms with van der Waals surface area (Å²) in [6, 6.07) is 11.3. The predicted octanol–water partition coefficient (Wildman–Crippen LogP) is 1.45. The van der Waals surface area contributed by atoms with E-state index in [1.54, 1.807) is 42.5 Å². The molecule has 12 nitrogen and oxygen atoms in total. The zero-order valence-corrected chi connectivity index (χ0v) is 20.9. The minimum atomic E-state index is -2.12. The van der Waals surface area contributed by atoms with E-state index >= 15 is 0 Å². The summed E-state index contributed by atoms with van der Waals surface area (Å²) < 4.78 is 16.2. The molecule has 0 spiro atoms.